The predicted molar refractivity (Wildman–Crippen MR) is 83.1 cm³/mol. The van der Waals surface area contributed by atoms with Crippen LogP contribution in [0.3, 0.4) is 0 Å². The molecule has 6 heteroatoms. The molecule has 0 aromatic carbocycles. The fourth-order valence-corrected chi connectivity index (χ4v) is 5.21. The summed E-state index contributed by atoms with van der Waals surface area (Å²) in [4.78, 5) is 0. The van der Waals surface area contributed by atoms with Crippen LogP contribution in [-0.2, 0) is 10.2 Å². The number of nitrogens with zero attached hydrogens (tertiary/aromatic N) is 2. The lowest BCUT2D eigenvalue weighted by Crippen LogP contribution is -2.50. The summed E-state index contributed by atoms with van der Waals surface area (Å²) < 4.78 is 28.6. The molecule has 0 radical (unpaired) electrons. The van der Waals surface area contributed by atoms with E-state index in [1.165, 1.54) is 0 Å². The summed E-state index contributed by atoms with van der Waals surface area (Å²) in [6, 6.07) is 0. The normalized spacial score (nSPS) is 25.4. The van der Waals surface area contributed by atoms with E-state index in [1.54, 1.807) is 8.61 Å². The Balaban J connectivity index is 1.91. The molecule has 0 bridgehead atoms. The first-order valence-electron chi connectivity index (χ1n) is 7.76. The Kier molecular flexibility index (Phi) is 5.74. The molecule has 4 nitrogen and oxygen atoms in total. The van der Waals surface area contributed by atoms with Gasteiger partial charge in [-0.1, -0.05) is 13.8 Å². The van der Waals surface area contributed by atoms with E-state index in [9.17, 15) is 8.42 Å². The van der Waals surface area contributed by atoms with Crippen molar-refractivity contribution < 1.29 is 8.42 Å². The molecule has 2 rings (SSSR count). The van der Waals surface area contributed by atoms with Gasteiger partial charge in [0.2, 0.25) is 0 Å². The molecule has 2 aliphatic heterocycles. The molecule has 20 heavy (non-hydrogen) atoms. The van der Waals surface area contributed by atoms with Crippen LogP contribution < -0.4 is 0 Å². The van der Waals surface area contributed by atoms with Crippen LogP contribution in [0.4, 0.5) is 0 Å². The highest BCUT2D eigenvalue weighted by Crippen LogP contribution is 2.28. The molecule has 2 aliphatic rings. The monoisotopic (exact) mass is 322 g/mol. The second kappa shape index (κ2) is 6.95. The Morgan fingerprint density at radius 3 is 1.85 bits per heavy atom. The lowest BCUT2D eigenvalue weighted by Gasteiger charge is -2.38. The zero-order valence-corrected chi connectivity index (χ0v) is 14.2. The van der Waals surface area contributed by atoms with Gasteiger partial charge in [0.15, 0.2) is 0 Å². The van der Waals surface area contributed by atoms with Gasteiger partial charge in [0.05, 0.1) is 0 Å². The first-order chi connectivity index (χ1) is 9.45. The molecule has 0 unspecified atom stereocenters. The van der Waals surface area contributed by atoms with Crippen molar-refractivity contribution in [3.05, 3.63) is 0 Å². The van der Waals surface area contributed by atoms with Crippen LogP contribution >= 0.6 is 11.6 Å². The van der Waals surface area contributed by atoms with E-state index in [2.05, 4.69) is 13.8 Å². The molecule has 2 saturated heterocycles. The van der Waals surface area contributed by atoms with Crippen LogP contribution in [0.2, 0.25) is 0 Å². The van der Waals surface area contributed by atoms with Crippen LogP contribution in [0.1, 0.15) is 39.5 Å². The van der Waals surface area contributed by atoms with E-state index < -0.39 is 10.2 Å². The summed E-state index contributed by atoms with van der Waals surface area (Å²) in [7, 11) is -3.24. The van der Waals surface area contributed by atoms with Crippen molar-refractivity contribution in [2.24, 2.45) is 17.8 Å². The average molecular weight is 323 g/mol. The van der Waals surface area contributed by atoms with Gasteiger partial charge in [-0.15, -0.1) is 11.6 Å². The van der Waals surface area contributed by atoms with Crippen molar-refractivity contribution >= 4 is 21.8 Å². The van der Waals surface area contributed by atoms with Crippen LogP contribution in [0, 0.1) is 17.8 Å². The Morgan fingerprint density at radius 2 is 1.45 bits per heavy atom. The largest absolute Gasteiger partial charge is 0.281 e. The van der Waals surface area contributed by atoms with Gasteiger partial charge in [-0.05, 0) is 43.4 Å². The van der Waals surface area contributed by atoms with Crippen molar-refractivity contribution in [1.82, 2.24) is 8.61 Å². The number of hydrogen-bond donors (Lipinski definition) is 0. The highest BCUT2D eigenvalue weighted by Gasteiger charge is 2.35. The summed E-state index contributed by atoms with van der Waals surface area (Å²) in [6.07, 6.45) is 3.78. The number of hydrogen-bond acceptors (Lipinski definition) is 2. The van der Waals surface area contributed by atoms with Crippen molar-refractivity contribution in [2.45, 2.75) is 39.5 Å². The lowest BCUT2D eigenvalue weighted by atomic mass is 9.87. The quantitative estimate of drug-likeness (QED) is 0.746. The molecule has 0 atom stereocenters. The predicted octanol–water partition coefficient (Wildman–Crippen LogP) is 2.55. The molecular formula is C14H27ClN2O2S. The van der Waals surface area contributed by atoms with Gasteiger partial charge in [0, 0.05) is 32.1 Å². The Morgan fingerprint density at radius 1 is 1.00 bits per heavy atom. The number of rotatable bonds is 4. The zero-order chi connectivity index (χ0) is 14.8. The molecule has 0 saturated carbocycles. The maximum absolute atomic E-state index is 12.6. The molecule has 0 aromatic rings. The van der Waals surface area contributed by atoms with Gasteiger partial charge in [-0.3, -0.25) is 0 Å². The number of halogens is 1. The molecule has 2 fully saturated rings. The van der Waals surface area contributed by atoms with Crippen molar-refractivity contribution in [1.29, 1.82) is 0 Å². The van der Waals surface area contributed by atoms with Gasteiger partial charge < -0.3 is 0 Å². The third-order valence-electron chi connectivity index (χ3n) is 4.89. The minimum absolute atomic E-state index is 0.481. The van der Waals surface area contributed by atoms with Crippen molar-refractivity contribution in [3.63, 3.8) is 0 Å². The summed E-state index contributed by atoms with van der Waals surface area (Å²) in [5.41, 5.74) is 0. The van der Waals surface area contributed by atoms with Crippen molar-refractivity contribution in [3.8, 4) is 0 Å². The standard InChI is InChI=1S/C14H27ClN2O2S/c1-12(2)14-5-9-17(10-6-14)20(18,19)16-7-3-13(11-15)4-8-16/h12-14H,3-11H2,1-2H3. The fraction of sp³-hybridized carbons (Fsp3) is 1.00. The van der Waals surface area contributed by atoms with E-state index in [0.29, 0.717) is 49.8 Å². The van der Waals surface area contributed by atoms with Crippen LogP contribution in [-0.4, -0.2) is 49.1 Å². The molecule has 0 aromatic heterocycles. The Labute approximate surface area is 128 Å². The minimum atomic E-state index is -3.24. The van der Waals surface area contributed by atoms with E-state index >= 15 is 0 Å². The molecule has 2 heterocycles. The number of alkyl halides is 1. The van der Waals surface area contributed by atoms with Crippen molar-refractivity contribution in [2.75, 3.05) is 32.1 Å². The molecule has 0 aliphatic carbocycles. The molecule has 0 N–H and O–H groups in total. The summed E-state index contributed by atoms with van der Waals surface area (Å²) in [6.45, 7) is 7.08. The van der Waals surface area contributed by atoms with Crippen LogP contribution in [0.25, 0.3) is 0 Å². The summed E-state index contributed by atoms with van der Waals surface area (Å²) in [5.74, 6) is 2.45. The Bertz CT molecular complexity index is 397. The van der Waals surface area contributed by atoms with E-state index in [0.717, 1.165) is 25.7 Å². The second-order valence-electron chi connectivity index (χ2n) is 6.48. The van der Waals surface area contributed by atoms with Gasteiger partial charge in [0.25, 0.3) is 10.2 Å². The molecule has 0 amide bonds. The third kappa shape index (κ3) is 3.67. The van der Waals surface area contributed by atoms with E-state index in [4.69, 9.17) is 11.6 Å². The fourth-order valence-electron chi connectivity index (χ4n) is 3.23. The zero-order valence-electron chi connectivity index (χ0n) is 12.6. The lowest BCUT2D eigenvalue weighted by molar-refractivity contribution is 0.206. The molecule has 0 spiro atoms. The second-order valence-corrected chi connectivity index (χ2v) is 8.72. The SMILES string of the molecule is CC(C)C1CCN(S(=O)(=O)N2CCC(CCl)CC2)CC1. The Hall–Kier alpha value is 0.160. The van der Waals surface area contributed by atoms with Gasteiger partial charge >= 0.3 is 0 Å². The molecular weight excluding hydrogens is 296 g/mol. The van der Waals surface area contributed by atoms with Crippen LogP contribution in [0.15, 0.2) is 0 Å². The highest BCUT2D eigenvalue weighted by atomic mass is 35.5. The van der Waals surface area contributed by atoms with Crippen LogP contribution in [0.5, 0.6) is 0 Å². The first kappa shape index (κ1) is 16.5. The average Bonchev–Trinajstić information content (AvgIpc) is 2.47. The smallest absolute Gasteiger partial charge is 0.195 e. The topological polar surface area (TPSA) is 40.6 Å². The van der Waals surface area contributed by atoms with Gasteiger partial charge in [0.1, 0.15) is 0 Å². The van der Waals surface area contributed by atoms with Gasteiger partial charge in [-0.2, -0.15) is 17.0 Å². The summed E-state index contributed by atoms with van der Waals surface area (Å²) in [5, 5.41) is 0. The summed E-state index contributed by atoms with van der Waals surface area (Å²) >= 11 is 5.86. The maximum Gasteiger partial charge on any atom is 0.281 e. The van der Waals surface area contributed by atoms with E-state index in [-0.39, 0.29) is 0 Å². The van der Waals surface area contributed by atoms with E-state index in [1.807, 2.05) is 0 Å². The third-order valence-corrected chi connectivity index (χ3v) is 7.36. The number of piperidine rings is 2. The van der Waals surface area contributed by atoms with Gasteiger partial charge in [-0.25, -0.2) is 0 Å². The molecule has 118 valence electrons. The maximum atomic E-state index is 12.6. The first-order valence-corrected chi connectivity index (χ1v) is 9.69. The highest BCUT2D eigenvalue weighted by molar-refractivity contribution is 7.86. The minimum Gasteiger partial charge on any atom is -0.195 e.